The van der Waals surface area contributed by atoms with Gasteiger partial charge in [-0.15, -0.1) is 0 Å². The Hall–Kier alpha value is -1.49. The predicted molar refractivity (Wildman–Crippen MR) is 56.1 cm³/mol. The molecule has 1 rings (SSSR count). The Balaban J connectivity index is 2.88. The molecule has 1 aromatic rings. The quantitative estimate of drug-likeness (QED) is 0.601. The zero-order valence-electron chi connectivity index (χ0n) is 8.01. The molecule has 1 atom stereocenters. The smallest absolute Gasteiger partial charge is 0.324 e. The molecule has 1 unspecified atom stereocenters. The molecule has 80 valence electrons. The third-order valence-corrected chi connectivity index (χ3v) is 3.07. The maximum absolute atomic E-state index is 11.0. The van der Waals surface area contributed by atoms with Gasteiger partial charge in [0.25, 0.3) is 0 Å². The summed E-state index contributed by atoms with van der Waals surface area (Å²) in [6.45, 7) is 1.21. The first-order valence-electron chi connectivity index (χ1n) is 4.20. The summed E-state index contributed by atoms with van der Waals surface area (Å²) >= 11 is 0.832. The van der Waals surface area contributed by atoms with E-state index in [-0.39, 0.29) is 5.75 Å². The van der Waals surface area contributed by atoms with E-state index in [1.807, 2.05) is 0 Å². The number of phenols is 1. The molecule has 15 heavy (non-hydrogen) atoms. The SMILES string of the molecule is CC(=O)C(Sc1ccccc1O)C(=O)O. The van der Waals surface area contributed by atoms with Gasteiger partial charge in [0.15, 0.2) is 11.0 Å². The minimum Gasteiger partial charge on any atom is -0.507 e. The third kappa shape index (κ3) is 2.99. The molecule has 0 saturated carbocycles. The number of hydrogen-bond donors (Lipinski definition) is 2. The van der Waals surface area contributed by atoms with Crippen LogP contribution >= 0.6 is 11.8 Å². The fraction of sp³-hybridized carbons (Fsp3) is 0.200. The summed E-state index contributed by atoms with van der Waals surface area (Å²) in [4.78, 5) is 22.1. The molecule has 0 aliphatic rings. The summed E-state index contributed by atoms with van der Waals surface area (Å²) in [6, 6.07) is 6.31. The summed E-state index contributed by atoms with van der Waals surface area (Å²) in [5.74, 6) is -1.67. The van der Waals surface area contributed by atoms with E-state index in [4.69, 9.17) is 5.11 Å². The van der Waals surface area contributed by atoms with E-state index in [1.165, 1.54) is 13.0 Å². The highest BCUT2D eigenvalue weighted by Crippen LogP contribution is 2.31. The van der Waals surface area contributed by atoms with Crippen molar-refractivity contribution in [2.45, 2.75) is 17.1 Å². The lowest BCUT2D eigenvalue weighted by atomic mass is 10.3. The van der Waals surface area contributed by atoms with Crippen LogP contribution in [0.5, 0.6) is 5.75 Å². The van der Waals surface area contributed by atoms with E-state index in [0.29, 0.717) is 4.90 Å². The monoisotopic (exact) mass is 226 g/mol. The van der Waals surface area contributed by atoms with Crippen molar-refractivity contribution in [1.82, 2.24) is 0 Å². The maximum atomic E-state index is 11.0. The number of carbonyl (C=O) groups is 2. The highest BCUT2D eigenvalue weighted by Gasteiger charge is 2.24. The number of para-hydroxylation sites is 1. The zero-order chi connectivity index (χ0) is 11.4. The Kier molecular flexibility index (Phi) is 3.74. The Morgan fingerprint density at radius 1 is 1.33 bits per heavy atom. The largest absolute Gasteiger partial charge is 0.507 e. The first-order chi connectivity index (χ1) is 7.02. The minimum atomic E-state index is -1.20. The molecule has 0 fully saturated rings. The van der Waals surface area contributed by atoms with Crippen LogP contribution in [-0.4, -0.2) is 27.2 Å². The van der Waals surface area contributed by atoms with E-state index >= 15 is 0 Å². The van der Waals surface area contributed by atoms with Crippen molar-refractivity contribution in [3.05, 3.63) is 24.3 Å². The molecule has 0 saturated heterocycles. The number of rotatable bonds is 4. The number of aliphatic carboxylic acids is 1. The number of hydrogen-bond acceptors (Lipinski definition) is 4. The zero-order valence-corrected chi connectivity index (χ0v) is 8.82. The van der Waals surface area contributed by atoms with Gasteiger partial charge in [-0.05, 0) is 19.1 Å². The summed E-state index contributed by atoms with van der Waals surface area (Å²) in [6.07, 6.45) is 0. The van der Waals surface area contributed by atoms with Crippen molar-refractivity contribution in [2.75, 3.05) is 0 Å². The molecule has 5 heteroatoms. The van der Waals surface area contributed by atoms with Crippen LogP contribution in [0, 0.1) is 0 Å². The molecular weight excluding hydrogens is 216 g/mol. The molecule has 0 amide bonds. The fourth-order valence-corrected chi connectivity index (χ4v) is 1.86. The van der Waals surface area contributed by atoms with Crippen LogP contribution in [0.3, 0.4) is 0 Å². The molecule has 2 N–H and O–H groups in total. The minimum absolute atomic E-state index is 0.0185. The number of carbonyl (C=O) groups excluding carboxylic acids is 1. The van der Waals surface area contributed by atoms with Crippen LogP contribution in [0.25, 0.3) is 0 Å². The Labute approximate surface area is 90.9 Å². The number of benzene rings is 1. The molecule has 0 heterocycles. The van der Waals surface area contributed by atoms with Gasteiger partial charge in [0.2, 0.25) is 0 Å². The second-order valence-electron chi connectivity index (χ2n) is 2.91. The summed E-state index contributed by atoms with van der Waals surface area (Å²) in [7, 11) is 0. The number of thioether (sulfide) groups is 1. The van der Waals surface area contributed by atoms with Crippen molar-refractivity contribution < 1.29 is 19.8 Å². The van der Waals surface area contributed by atoms with Crippen LogP contribution in [0.15, 0.2) is 29.2 Å². The van der Waals surface area contributed by atoms with E-state index < -0.39 is 17.0 Å². The van der Waals surface area contributed by atoms with Crippen LogP contribution in [0.1, 0.15) is 6.92 Å². The number of ketones is 1. The molecule has 0 aliphatic heterocycles. The van der Waals surface area contributed by atoms with Gasteiger partial charge >= 0.3 is 5.97 Å². The van der Waals surface area contributed by atoms with Gasteiger partial charge in [-0.2, -0.15) is 0 Å². The van der Waals surface area contributed by atoms with Crippen molar-refractivity contribution in [3.63, 3.8) is 0 Å². The molecule has 0 bridgehead atoms. The van der Waals surface area contributed by atoms with Crippen molar-refractivity contribution >= 4 is 23.5 Å². The lowest BCUT2D eigenvalue weighted by Gasteiger charge is -2.09. The van der Waals surface area contributed by atoms with E-state index in [2.05, 4.69) is 0 Å². The van der Waals surface area contributed by atoms with Crippen LogP contribution < -0.4 is 0 Å². The second-order valence-corrected chi connectivity index (χ2v) is 4.06. The summed E-state index contributed by atoms with van der Waals surface area (Å²) in [5.41, 5.74) is 0. The number of phenolic OH excluding ortho intramolecular Hbond substituents is 1. The molecule has 0 radical (unpaired) electrons. The highest BCUT2D eigenvalue weighted by molar-refractivity contribution is 8.01. The van der Waals surface area contributed by atoms with Crippen LogP contribution in [0.4, 0.5) is 0 Å². The molecular formula is C10H10O4S. The fourth-order valence-electron chi connectivity index (χ4n) is 0.991. The van der Waals surface area contributed by atoms with Gasteiger partial charge in [0.05, 0.1) is 4.90 Å². The molecule has 0 spiro atoms. The topological polar surface area (TPSA) is 74.6 Å². The lowest BCUT2D eigenvalue weighted by molar-refractivity contribution is -0.138. The molecule has 0 aliphatic carbocycles. The lowest BCUT2D eigenvalue weighted by Crippen LogP contribution is -2.24. The molecule has 0 aromatic heterocycles. The first-order valence-corrected chi connectivity index (χ1v) is 5.08. The standard InChI is InChI=1S/C10H10O4S/c1-6(11)9(10(13)14)15-8-5-3-2-4-7(8)12/h2-5,9,12H,1H3,(H,13,14). The van der Waals surface area contributed by atoms with E-state index in [9.17, 15) is 14.7 Å². The normalized spacial score (nSPS) is 12.1. The van der Waals surface area contributed by atoms with Gasteiger partial charge in [0.1, 0.15) is 5.75 Å². The van der Waals surface area contributed by atoms with Crippen molar-refractivity contribution in [1.29, 1.82) is 0 Å². The number of carboxylic acid groups (broad SMARTS) is 1. The number of Topliss-reactive ketones (excluding diaryl/α,β-unsaturated/α-hetero) is 1. The average molecular weight is 226 g/mol. The van der Waals surface area contributed by atoms with Gasteiger partial charge in [-0.25, -0.2) is 0 Å². The van der Waals surface area contributed by atoms with Gasteiger partial charge < -0.3 is 10.2 Å². The maximum Gasteiger partial charge on any atom is 0.324 e. The first kappa shape index (κ1) is 11.6. The van der Waals surface area contributed by atoms with Gasteiger partial charge in [0, 0.05) is 0 Å². The van der Waals surface area contributed by atoms with Gasteiger partial charge in [-0.1, -0.05) is 23.9 Å². The third-order valence-electron chi connectivity index (χ3n) is 1.70. The summed E-state index contributed by atoms with van der Waals surface area (Å²) in [5, 5.41) is 17.0. The van der Waals surface area contributed by atoms with Crippen molar-refractivity contribution in [3.8, 4) is 5.75 Å². The second kappa shape index (κ2) is 4.84. The molecule has 4 nitrogen and oxygen atoms in total. The Bertz CT molecular complexity index is 375. The Morgan fingerprint density at radius 2 is 1.93 bits per heavy atom. The van der Waals surface area contributed by atoms with Crippen LogP contribution in [-0.2, 0) is 9.59 Å². The number of aromatic hydroxyl groups is 1. The molecule has 1 aromatic carbocycles. The van der Waals surface area contributed by atoms with Gasteiger partial charge in [-0.3, -0.25) is 9.59 Å². The summed E-state index contributed by atoms with van der Waals surface area (Å²) < 4.78 is 0. The average Bonchev–Trinajstić information content (AvgIpc) is 2.15. The highest BCUT2D eigenvalue weighted by atomic mass is 32.2. The number of carboxylic acids is 1. The predicted octanol–water partition coefficient (Wildman–Crippen LogP) is 1.53. The van der Waals surface area contributed by atoms with Crippen LogP contribution in [0.2, 0.25) is 0 Å². The van der Waals surface area contributed by atoms with Crippen molar-refractivity contribution in [2.24, 2.45) is 0 Å². The van der Waals surface area contributed by atoms with E-state index in [0.717, 1.165) is 11.8 Å². The van der Waals surface area contributed by atoms with E-state index in [1.54, 1.807) is 18.2 Å². The Morgan fingerprint density at radius 3 is 2.40 bits per heavy atom.